The predicted octanol–water partition coefficient (Wildman–Crippen LogP) is -3.06. The quantitative estimate of drug-likeness (QED) is 0.0326. The van der Waals surface area contributed by atoms with Crippen molar-refractivity contribution in [2.45, 2.75) is 173 Å². The number of aliphatic hydroxyl groups excluding tert-OH is 2. The van der Waals surface area contributed by atoms with Gasteiger partial charge in [0, 0.05) is 12.8 Å². The van der Waals surface area contributed by atoms with Crippen LogP contribution in [0.25, 0.3) is 0 Å². The van der Waals surface area contributed by atoms with Gasteiger partial charge in [-0.3, -0.25) is 52.7 Å². The van der Waals surface area contributed by atoms with E-state index in [1.165, 1.54) is 24.3 Å². The lowest BCUT2D eigenvalue weighted by atomic mass is 9.98. The van der Waals surface area contributed by atoms with Gasteiger partial charge in [0.15, 0.2) is 0 Å². The fourth-order valence-electron chi connectivity index (χ4n) is 7.22. The van der Waals surface area contributed by atoms with E-state index < -0.39 is 169 Å². The van der Waals surface area contributed by atoms with Gasteiger partial charge in [0.05, 0.1) is 31.1 Å². The Morgan fingerprint density at radius 1 is 0.474 bits per heavy atom. The Morgan fingerprint density at radius 3 is 1.22 bits per heavy atom. The Hall–Kier alpha value is -7.46. The van der Waals surface area contributed by atoms with Gasteiger partial charge in [0.2, 0.25) is 47.3 Å². The van der Waals surface area contributed by atoms with Gasteiger partial charge in [-0.15, -0.1) is 0 Å². The molecule has 0 saturated heterocycles. The Kier molecular flexibility index (Phi) is 28.1. The maximum atomic E-state index is 14.0. The van der Waals surface area contributed by atoms with E-state index >= 15 is 0 Å². The summed E-state index contributed by atoms with van der Waals surface area (Å²) < 4.78 is 0. The predicted molar refractivity (Wildman–Crippen MR) is 266 cm³/mol. The summed E-state index contributed by atoms with van der Waals surface area (Å²) in [6.45, 7) is 12.2. The molecular formula is C48H75N9O19. The lowest BCUT2D eigenvalue weighted by molar-refractivity contribution is -0.144. The number of benzene rings is 1. The van der Waals surface area contributed by atoms with Crippen LogP contribution in [0.2, 0.25) is 0 Å². The molecule has 17 N–H and O–H groups in total. The summed E-state index contributed by atoms with van der Waals surface area (Å²) in [5, 5.41) is 87.2. The topological polar surface area (TPSA) is 469 Å². The fraction of sp³-hybridized carbons (Fsp3) is 0.625. The van der Waals surface area contributed by atoms with E-state index in [2.05, 4.69) is 42.5 Å². The molecule has 1 aromatic carbocycles. The highest BCUT2D eigenvalue weighted by Crippen LogP contribution is 2.14. The van der Waals surface area contributed by atoms with E-state index in [0.717, 1.165) is 13.8 Å². The molecule has 28 heteroatoms. The molecule has 1 aromatic rings. The van der Waals surface area contributed by atoms with Crippen LogP contribution in [0.5, 0.6) is 5.75 Å². The van der Waals surface area contributed by atoms with Crippen molar-refractivity contribution in [3.05, 3.63) is 29.8 Å². The molecule has 0 aliphatic heterocycles. The summed E-state index contributed by atoms with van der Waals surface area (Å²) in [6, 6.07) is -10.0. The van der Waals surface area contributed by atoms with Crippen molar-refractivity contribution >= 4 is 71.1 Å². The van der Waals surface area contributed by atoms with Gasteiger partial charge in [0.25, 0.3) is 0 Å². The van der Waals surface area contributed by atoms with Gasteiger partial charge in [-0.2, -0.15) is 0 Å². The number of hydrogen-bond acceptors (Lipinski definition) is 16. The third kappa shape index (κ3) is 23.8. The number of aliphatic hydroxyl groups is 2. The van der Waals surface area contributed by atoms with Crippen LogP contribution in [0.1, 0.15) is 106 Å². The Labute approximate surface area is 438 Å². The lowest BCUT2D eigenvalue weighted by Gasteiger charge is -2.29. The van der Waals surface area contributed by atoms with Crippen molar-refractivity contribution in [3.63, 3.8) is 0 Å². The molecule has 0 aliphatic rings. The average molecular weight is 1080 g/mol. The van der Waals surface area contributed by atoms with Crippen molar-refractivity contribution < 1.29 is 93.3 Å². The fourth-order valence-corrected chi connectivity index (χ4v) is 7.22. The van der Waals surface area contributed by atoms with Gasteiger partial charge < -0.3 is 84.0 Å². The number of phenolic OH excluding ortho intramolecular Hbond substituents is 1. The SMILES string of the molecule is CC[C@H](C)[C@H](N)C(=O)N[C@H](C(=O)N[C@@H](CC(=O)O)C(=O)N[C@@H](CC(C)C)C(=O)N[C@H](C(=O)N[C@@H](CC(C)C)C(=O)N[C@@H](CCC(=O)O)C(=O)N[C@@H](CC(=O)O)C(=O)N[C@@H](Cc1ccc(O)cc1)C(=O)O)[C@@H](C)O)[C@@H](C)O. The minimum atomic E-state index is -1.98. The number of carbonyl (C=O) groups is 12. The number of rotatable bonds is 34. The van der Waals surface area contributed by atoms with Gasteiger partial charge in [0.1, 0.15) is 54.1 Å². The third-order valence-electron chi connectivity index (χ3n) is 11.7. The van der Waals surface area contributed by atoms with Crippen LogP contribution in [0.3, 0.4) is 0 Å². The number of phenols is 1. The first-order chi connectivity index (χ1) is 35.3. The lowest BCUT2D eigenvalue weighted by Crippen LogP contribution is -2.62. The second kappa shape index (κ2) is 32.1. The standard InChI is InChI=1S/C48H75N9O19/c1-9-23(6)37(49)45(72)57-39(25(8)59)47(74)54-32(20-36(65)66)42(69)51-30(17-22(4)5)44(71)56-38(24(7)58)46(73)53-29(16-21(2)3)41(68)50-28(14-15-34(61)62)40(67)52-31(19-35(63)64)43(70)55-33(48(75)76)18-26-10-12-27(60)13-11-26/h10-13,21-25,28-33,37-39,58-60H,9,14-20,49H2,1-8H3,(H,50,68)(H,51,69)(H,52,67)(H,53,73)(H,54,74)(H,55,70)(H,56,71)(H,57,72)(H,61,62)(H,63,64)(H,65,66)(H,75,76)/t23-,24+,25+,28-,29-,30-,31-,32-,33-,37-,38-,39-/m0/s1. The molecule has 0 saturated carbocycles. The van der Waals surface area contributed by atoms with Gasteiger partial charge in [-0.05, 0) is 68.6 Å². The van der Waals surface area contributed by atoms with E-state index in [-0.39, 0.29) is 36.8 Å². The summed E-state index contributed by atoms with van der Waals surface area (Å²) in [7, 11) is 0. The summed E-state index contributed by atoms with van der Waals surface area (Å²) in [4.78, 5) is 156. The molecule has 0 bridgehead atoms. The van der Waals surface area contributed by atoms with E-state index in [9.17, 15) is 93.3 Å². The average Bonchev–Trinajstić information content (AvgIpc) is 3.31. The van der Waals surface area contributed by atoms with E-state index in [0.29, 0.717) is 12.0 Å². The Morgan fingerprint density at radius 2 is 0.829 bits per heavy atom. The highest BCUT2D eigenvalue weighted by atomic mass is 16.4. The van der Waals surface area contributed by atoms with Crippen LogP contribution in [0, 0.1) is 17.8 Å². The molecule has 0 unspecified atom stereocenters. The number of nitrogens with two attached hydrogens (primary N) is 1. The number of carbonyl (C=O) groups excluding carboxylic acids is 8. The zero-order valence-electron chi connectivity index (χ0n) is 43.7. The summed E-state index contributed by atoms with van der Waals surface area (Å²) in [5.41, 5.74) is 6.31. The van der Waals surface area contributed by atoms with Gasteiger partial charge in [-0.25, -0.2) is 4.79 Å². The molecule has 8 amide bonds. The molecule has 76 heavy (non-hydrogen) atoms. The van der Waals surface area contributed by atoms with E-state index in [1.54, 1.807) is 41.5 Å². The highest BCUT2D eigenvalue weighted by molar-refractivity contribution is 5.99. The zero-order valence-corrected chi connectivity index (χ0v) is 43.7. The number of amides is 8. The Balaban J connectivity index is 3.45. The van der Waals surface area contributed by atoms with Crippen molar-refractivity contribution in [3.8, 4) is 5.75 Å². The summed E-state index contributed by atoms with van der Waals surface area (Å²) in [5.74, 6) is -16.7. The zero-order chi connectivity index (χ0) is 58.3. The molecule has 0 spiro atoms. The van der Waals surface area contributed by atoms with Crippen LogP contribution in [-0.2, 0) is 64.0 Å². The van der Waals surface area contributed by atoms with E-state index in [1.807, 2.05) is 0 Å². The summed E-state index contributed by atoms with van der Waals surface area (Å²) >= 11 is 0. The van der Waals surface area contributed by atoms with Crippen LogP contribution >= 0.6 is 0 Å². The molecule has 28 nitrogen and oxygen atoms in total. The number of aromatic hydroxyl groups is 1. The molecule has 0 heterocycles. The molecule has 1 rings (SSSR count). The monoisotopic (exact) mass is 1080 g/mol. The highest BCUT2D eigenvalue weighted by Gasteiger charge is 2.38. The van der Waals surface area contributed by atoms with Crippen molar-refractivity contribution in [2.24, 2.45) is 23.5 Å². The normalized spacial score (nSPS) is 16.0. The van der Waals surface area contributed by atoms with Gasteiger partial charge in [-0.1, -0.05) is 60.1 Å². The van der Waals surface area contributed by atoms with Crippen molar-refractivity contribution in [1.82, 2.24) is 42.5 Å². The van der Waals surface area contributed by atoms with Gasteiger partial charge >= 0.3 is 23.9 Å². The van der Waals surface area contributed by atoms with Crippen LogP contribution < -0.4 is 48.3 Å². The number of carboxylic acids is 4. The van der Waals surface area contributed by atoms with Crippen LogP contribution in [0.4, 0.5) is 0 Å². The molecular weight excluding hydrogens is 1010 g/mol. The molecule has 0 fully saturated rings. The number of nitrogens with one attached hydrogen (secondary N) is 8. The van der Waals surface area contributed by atoms with Crippen LogP contribution in [0.15, 0.2) is 24.3 Å². The number of hydrogen-bond donors (Lipinski definition) is 16. The minimum Gasteiger partial charge on any atom is -0.508 e. The molecule has 0 aromatic heterocycles. The molecule has 426 valence electrons. The first kappa shape index (κ1) is 66.6. The van der Waals surface area contributed by atoms with Crippen molar-refractivity contribution in [1.29, 1.82) is 0 Å². The largest absolute Gasteiger partial charge is 0.508 e. The number of carboxylic acid groups (broad SMARTS) is 4. The Bertz CT molecular complexity index is 2210. The maximum absolute atomic E-state index is 14.0. The summed E-state index contributed by atoms with van der Waals surface area (Å²) in [6.07, 6.45) is -7.10. The molecule has 0 aliphatic carbocycles. The van der Waals surface area contributed by atoms with E-state index in [4.69, 9.17) is 5.73 Å². The molecule has 0 radical (unpaired) electrons. The second-order valence-corrected chi connectivity index (χ2v) is 19.3. The van der Waals surface area contributed by atoms with Crippen LogP contribution in [-0.4, -0.2) is 173 Å². The maximum Gasteiger partial charge on any atom is 0.326 e. The smallest absolute Gasteiger partial charge is 0.326 e. The third-order valence-corrected chi connectivity index (χ3v) is 11.7. The first-order valence-corrected chi connectivity index (χ1v) is 24.5. The molecule has 12 atom stereocenters. The first-order valence-electron chi connectivity index (χ1n) is 24.5. The minimum absolute atomic E-state index is 0.132. The van der Waals surface area contributed by atoms with Crippen molar-refractivity contribution in [2.75, 3.05) is 0 Å². The second-order valence-electron chi connectivity index (χ2n) is 19.3. The number of aliphatic carboxylic acids is 4.